The van der Waals surface area contributed by atoms with Crippen LogP contribution in [0, 0.1) is 17.0 Å². The average molecular weight is 277 g/mol. The Morgan fingerprint density at radius 2 is 2.20 bits per heavy atom. The number of methoxy groups -OCH3 is 1. The minimum Gasteiger partial charge on any atom is -0.496 e. The van der Waals surface area contributed by atoms with Crippen LogP contribution in [0.5, 0.6) is 5.75 Å². The van der Waals surface area contributed by atoms with Gasteiger partial charge in [0.15, 0.2) is 0 Å². The highest BCUT2D eigenvalue weighted by atomic mass is 16.6. The Labute approximate surface area is 115 Å². The zero-order valence-electron chi connectivity index (χ0n) is 11.3. The maximum absolute atomic E-state index is 10.8. The van der Waals surface area contributed by atoms with E-state index in [2.05, 4.69) is 10.5 Å². The van der Waals surface area contributed by atoms with Gasteiger partial charge in [-0.1, -0.05) is 5.16 Å². The van der Waals surface area contributed by atoms with Crippen LogP contribution in [0.1, 0.15) is 17.0 Å². The number of nitrogens with zero attached hydrogens (tertiary/aromatic N) is 2. The fraction of sp³-hybridized carbons (Fsp3) is 0.308. The molecule has 1 aromatic heterocycles. The molecule has 0 spiro atoms. The lowest BCUT2D eigenvalue weighted by molar-refractivity contribution is -0.384. The second-order valence-electron chi connectivity index (χ2n) is 4.29. The lowest BCUT2D eigenvalue weighted by Crippen LogP contribution is -2.13. The number of benzene rings is 1. The highest BCUT2D eigenvalue weighted by Crippen LogP contribution is 2.23. The summed E-state index contributed by atoms with van der Waals surface area (Å²) >= 11 is 0. The van der Waals surface area contributed by atoms with Crippen LogP contribution in [0.4, 0.5) is 5.69 Å². The number of hydrogen-bond acceptors (Lipinski definition) is 6. The largest absolute Gasteiger partial charge is 0.496 e. The maximum atomic E-state index is 10.8. The van der Waals surface area contributed by atoms with Gasteiger partial charge in [-0.15, -0.1) is 0 Å². The molecule has 1 heterocycles. The van der Waals surface area contributed by atoms with Gasteiger partial charge >= 0.3 is 0 Å². The van der Waals surface area contributed by atoms with E-state index in [4.69, 9.17) is 9.26 Å². The number of rotatable bonds is 6. The second kappa shape index (κ2) is 6.16. The van der Waals surface area contributed by atoms with Crippen LogP contribution in [0.25, 0.3) is 0 Å². The first-order valence-electron chi connectivity index (χ1n) is 6.04. The molecule has 0 aliphatic carbocycles. The number of nitro benzene ring substituents is 1. The smallest absolute Gasteiger partial charge is 0.270 e. The van der Waals surface area contributed by atoms with Crippen molar-refractivity contribution in [2.45, 2.75) is 20.0 Å². The van der Waals surface area contributed by atoms with Crippen molar-refractivity contribution in [3.63, 3.8) is 0 Å². The topological polar surface area (TPSA) is 90.4 Å². The number of nitrogens with one attached hydrogen (secondary N) is 1. The minimum atomic E-state index is -0.427. The number of nitro groups is 1. The predicted molar refractivity (Wildman–Crippen MR) is 71.4 cm³/mol. The molecule has 0 bridgehead atoms. The SMILES string of the molecule is COc1ccc([N+](=O)[O-])cc1CNCc1cc(C)on1. The van der Waals surface area contributed by atoms with E-state index in [1.807, 2.05) is 13.0 Å². The molecule has 0 amide bonds. The maximum Gasteiger partial charge on any atom is 0.270 e. The van der Waals surface area contributed by atoms with Crippen molar-refractivity contribution in [2.75, 3.05) is 7.11 Å². The van der Waals surface area contributed by atoms with E-state index in [-0.39, 0.29) is 5.69 Å². The third-order valence-corrected chi connectivity index (χ3v) is 2.77. The minimum absolute atomic E-state index is 0.0416. The quantitative estimate of drug-likeness (QED) is 0.643. The average Bonchev–Trinajstić information content (AvgIpc) is 2.84. The molecule has 0 radical (unpaired) electrons. The number of non-ortho nitro benzene ring substituents is 1. The Bertz CT molecular complexity index is 609. The second-order valence-corrected chi connectivity index (χ2v) is 4.29. The molecule has 1 aromatic carbocycles. The molecular formula is C13H15N3O4. The Hall–Kier alpha value is -2.41. The predicted octanol–water partition coefficient (Wildman–Crippen LogP) is 2.19. The van der Waals surface area contributed by atoms with Crippen molar-refractivity contribution in [2.24, 2.45) is 0 Å². The Morgan fingerprint density at radius 3 is 2.80 bits per heavy atom. The molecule has 0 saturated carbocycles. The fourth-order valence-electron chi connectivity index (χ4n) is 1.84. The fourth-order valence-corrected chi connectivity index (χ4v) is 1.84. The molecule has 0 aliphatic heterocycles. The van der Waals surface area contributed by atoms with Gasteiger partial charge in [0.25, 0.3) is 5.69 Å². The first kappa shape index (κ1) is 14.0. The van der Waals surface area contributed by atoms with Gasteiger partial charge in [0.05, 0.1) is 17.7 Å². The first-order valence-corrected chi connectivity index (χ1v) is 6.04. The summed E-state index contributed by atoms with van der Waals surface area (Å²) in [6.45, 7) is 2.78. The zero-order chi connectivity index (χ0) is 14.5. The molecule has 0 saturated heterocycles. The standard InChI is InChI=1S/C13H15N3O4/c1-9-5-11(15-20-9)8-14-7-10-6-12(16(17)18)3-4-13(10)19-2/h3-6,14H,7-8H2,1-2H3. The zero-order valence-corrected chi connectivity index (χ0v) is 11.3. The number of ether oxygens (including phenoxy) is 1. The molecule has 106 valence electrons. The summed E-state index contributed by atoms with van der Waals surface area (Å²) in [5.41, 5.74) is 1.55. The van der Waals surface area contributed by atoms with Gasteiger partial charge < -0.3 is 14.6 Å². The lowest BCUT2D eigenvalue weighted by Gasteiger charge is -2.08. The van der Waals surface area contributed by atoms with Crippen molar-refractivity contribution in [3.05, 3.63) is 51.4 Å². The molecule has 0 atom stereocenters. The van der Waals surface area contributed by atoms with Crippen LogP contribution in [0.15, 0.2) is 28.8 Å². The molecule has 0 unspecified atom stereocenters. The monoisotopic (exact) mass is 277 g/mol. The summed E-state index contributed by atoms with van der Waals surface area (Å²) in [5.74, 6) is 1.36. The van der Waals surface area contributed by atoms with E-state index < -0.39 is 4.92 Å². The molecule has 7 nitrogen and oxygen atoms in total. The number of hydrogen-bond donors (Lipinski definition) is 1. The van der Waals surface area contributed by atoms with Crippen LogP contribution in [0.2, 0.25) is 0 Å². The van der Waals surface area contributed by atoms with Crippen molar-refractivity contribution >= 4 is 5.69 Å². The van der Waals surface area contributed by atoms with Gasteiger partial charge in [0, 0.05) is 36.9 Å². The van der Waals surface area contributed by atoms with E-state index in [1.165, 1.54) is 19.2 Å². The molecular weight excluding hydrogens is 262 g/mol. The van der Waals surface area contributed by atoms with Crippen LogP contribution in [0.3, 0.4) is 0 Å². The van der Waals surface area contributed by atoms with Crippen LogP contribution in [-0.2, 0) is 13.1 Å². The summed E-state index contributed by atoms with van der Waals surface area (Å²) in [5, 5.41) is 17.8. The molecule has 7 heteroatoms. The summed E-state index contributed by atoms with van der Waals surface area (Å²) < 4.78 is 10.1. The molecule has 2 aromatic rings. The van der Waals surface area contributed by atoms with Gasteiger partial charge in [-0.2, -0.15) is 0 Å². The van der Waals surface area contributed by atoms with Gasteiger partial charge in [0.1, 0.15) is 11.5 Å². The molecule has 0 fully saturated rings. The highest BCUT2D eigenvalue weighted by molar-refractivity contribution is 5.43. The molecule has 2 rings (SSSR count). The highest BCUT2D eigenvalue weighted by Gasteiger charge is 2.11. The molecule has 1 N–H and O–H groups in total. The van der Waals surface area contributed by atoms with Crippen molar-refractivity contribution in [3.8, 4) is 5.75 Å². The van der Waals surface area contributed by atoms with Gasteiger partial charge in [-0.05, 0) is 13.0 Å². The van der Waals surface area contributed by atoms with Crippen LogP contribution in [-0.4, -0.2) is 17.2 Å². The Morgan fingerprint density at radius 1 is 1.40 bits per heavy atom. The van der Waals surface area contributed by atoms with Gasteiger partial charge in [-0.3, -0.25) is 10.1 Å². The summed E-state index contributed by atoms with van der Waals surface area (Å²) in [6, 6.07) is 6.34. The third-order valence-electron chi connectivity index (χ3n) is 2.77. The summed E-state index contributed by atoms with van der Waals surface area (Å²) in [7, 11) is 1.53. The summed E-state index contributed by atoms with van der Waals surface area (Å²) in [6.07, 6.45) is 0. The van der Waals surface area contributed by atoms with Crippen molar-refractivity contribution in [1.29, 1.82) is 0 Å². The van der Waals surface area contributed by atoms with E-state index in [0.29, 0.717) is 18.8 Å². The van der Waals surface area contributed by atoms with E-state index >= 15 is 0 Å². The van der Waals surface area contributed by atoms with E-state index in [9.17, 15) is 10.1 Å². The van der Waals surface area contributed by atoms with Crippen LogP contribution >= 0.6 is 0 Å². The lowest BCUT2D eigenvalue weighted by atomic mass is 10.1. The first-order chi connectivity index (χ1) is 9.60. The third kappa shape index (κ3) is 3.33. The van der Waals surface area contributed by atoms with Gasteiger partial charge in [-0.25, -0.2) is 0 Å². The van der Waals surface area contributed by atoms with Gasteiger partial charge in [0.2, 0.25) is 0 Å². The molecule has 0 aliphatic rings. The van der Waals surface area contributed by atoms with E-state index in [1.54, 1.807) is 6.07 Å². The Kier molecular flexibility index (Phi) is 4.31. The summed E-state index contributed by atoms with van der Waals surface area (Å²) in [4.78, 5) is 10.3. The van der Waals surface area contributed by atoms with Crippen LogP contribution < -0.4 is 10.1 Å². The van der Waals surface area contributed by atoms with Crippen molar-refractivity contribution < 1.29 is 14.2 Å². The van der Waals surface area contributed by atoms with Crippen molar-refractivity contribution in [1.82, 2.24) is 10.5 Å². The Balaban J connectivity index is 2.03. The number of aryl methyl sites for hydroxylation is 1. The normalized spacial score (nSPS) is 10.5. The number of aromatic nitrogens is 1. The molecule has 20 heavy (non-hydrogen) atoms. The van der Waals surface area contributed by atoms with E-state index in [0.717, 1.165) is 17.0 Å².